The molecule has 0 saturated heterocycles. The summed E-state index contributed by atoms with van der Waals surface area (Å²) in [6.45, 7) is 0. The topological polar surface area (TPSA) is 71.8 Å². The van der Waals surface area contributed by atoms with Crippen molar-refractivity contribution in [2.75, 3.05) is 7.11 Å². The molecule has 1 heterocycles. The second-order valence-electron chi connectivity index (χ2n) is 3.14. The number of ether oxygens (including phenoxy) is 1. The van der Waals surface area contributed by atoms with Crippen LogP contribution in [0.15, 0.2) is 30.5 Å². The molecular formula is C10H10BNO4. The Morgan fingerprint density at radius 1 is 1.25 bits per heavy atom. The van der Waals surface area contributed by atoms with Crippen molar-refractivity contribution >= 4 is 18.2 Å². The number of aromatic nitrogens is 1. The van der Waals surface area contributed by atoms with Crippen molar-refractivity contribution in [3.63, 3.8) is 0 Å². The zero-order valence-electron chi connectivity index (χ0n) is 8.62. The maximum atomic E-state index is 8.76. The van der Waals surface area contributed by atoms with Gasteiger partial charge in [-0.2, -0.15) is 0 Å². The van der Waals surface area contributed by atoms with E-state index in [2.05, 4.69) is 4.98 Å². The van der Waals surface area contributed by atoms with Crippen LogP contribution >= 0.6 is 0 Å². The summed E-state index contributed by atoms with van der Waals surface area (Å²) in [4.78, 5) is 4.15. The Kier molecular flexibility index (Phi) is 2.94. The molecule has 2 N–H and O–H groups in total. The summed E-state index contributed by atoms with van der Waals surface area (Å²) in [6.07, 6.45) is 1.67. The van der Waals surface area contributed by atoms with Gasteiger partial charge in [0.15, 0.2) is 5.75 Å². The van der Waals surface area contributed by atoms with Crippen molar-refractivity contribution in [3.8, 4) is 11.5 Å². The second kappa shape index (κ2) is 4.38. The Balaban J connectivity index is 2.53. The highest BCUT2D eigenvalue weighted by Crippen LogP contribution is 2.31. The predicted molar refractivity (Wildman–Crippen MR) is 59.1 cm³/mol. The van der Waals surface area contributed by atoms with E-state index in [0.717, 1.165) is 10.9 Å². The van der Waals surface area contributed by atoms with Crippen LogP contribution in [0.25, 0.3) is 10.9 Å². The Bertz CT molecular complexity index is 503. The molecule has 1 aromatic carbocycles. The maximum absolute atomic E-state index is 8.76. The summed E-state index contributed by atoms with van der Waals surface area (Å²) in [5.41, 5.74) is 0.749. The van der Waals surface area contributed by atoms with E-state index in [-0.39, 0.29) is 5.75 Å². The zero-order chi connectivity index (χ0) is 11.5. The normalized spacial score (nSPS) is 10.2. The van der Waals surface area contributed by atoms with Gasteiger partial charge in [-0.1, -0.05) is 6.07 Å². The fourth-order valence-electron chi connectivity index (χ4n) is 1.45. The van der Waals surface area contributed by atoms with Crippen LogP contribution in [0.2, 0.25) is 0 Å². The molecule has 0 fully saturated rings. The van der Waals surface area contributed by atoms with E-state index in [9.17, 15) is 0 Å². The van der Waals surface area contributed by atoms with Crippen LogP contribution in [0, 0.1) is 0 Å². The molecule has 0 aliphatic heterocycles. The van der Waals surface area contributed by atoms with Gasteiger partial charge >= 0.3 is 7.32 Å². The third-order valence-electron chi connectivity index (χ3n) is 2.12. The van der Waals surface area contributed by atoms with Gasteiger partial charge in [0.05, 0.1) is 12.6 Å². The van der Waals surface area contributed by atoms with Crippen LogP contribution in [-0.2, 0) is 0 Å². The Morgan fingerprint density at radius 2 is 2.06 bits per heavy atom. The van der Waals surface area contributed by atoms with Gasteiger partial charge < -0.3 is 19.4 Å². The fraction of sp³-hybridized carbons (Fsp3) is 0.100. The molecule has 6 heteroatoms. The van der Waals surface area contributed by atoms with Crippen molar-refractivity contribution in [1.82, 2.24) is 4.98 Å². The Labute approximate surface area is 92.4 Å². The minimum Gasteiger partial charge on any atom is -0.509 e. The van der Waals surface area contributed by atoms with Gasteiger partial charge in [-0.25, -0.2) is 0 Å². The minimum absolute atomic E-state index is 0.262. The lowest BCUT2D eigenvalue weighted by Crippen LogP contribution is -2.20. The van der Waals surface area contributed by atoms with Crippen molar-refractivity contribution in [3.05, 3.63) is 30.5 Å². The Morgan fingerprint density at radius 3 is 2.75 bits per heavy atom. The smallest absolute Gasteiger partial charge is 0.509 e. The standard InChI is InChI=1S/C10H10BNO4/c1-15-9-6-8-7(3-2-4-12-8)5-10(9)16-11(13)14/h2-6,13-14H,1H3. The summed E-state index contributed by atoms with van der Waals surface area (Å²) in [7, 11) is -0.399. The van der Waals surface area contributed by atoms with Gasteiger partial charge in [0, 0.05) is 17.6 Å². The lowest BCUT2D eigenvalue weighted by molar-refractivity contribution is 0.280. The molecule has 0 amide bonds. The van der Waals surface area contributed by atoms with Crippen LogP contribution < -0.4 is 9.39 Å². The predicted octanol–water partition coefficient (Wildman–Crippen LogP) is 0.592. The highest BCUT2D eigenvalue weighted by molar-refractivity contribution is 6.33. The van der Waals surface area contributed by atoms with Gasteiger partial charge in [0.1, 0.15) is 5.75 Å². The quantitative estimate of drug-likeness (QED) is 0.739. The van der Waals surface area contributed by atoms with E-state index in [1.54, 1.807) is 24.4 Å². The molecule has 0 aliphatic carbocycles. The van der Waals surface area contributed by atoms with Crippen LogP contribution in [0.3, 0.4) is 0 Å². The van der Waals surface area contributed by atoms with Gasteiger partial charge in [0.2, 0.25) is 0 Å². The lowest BCUT2D eigenvalue weighted by Gasteiger charge is -2.10. The number of hydrogen-bond acceptors (Lipinski definition) is 5. The second-order valence-corrected chi connectivity index (χ2v) is 3.14. The number of rotatable bonds is 3. The first-order valence-electron chi connectivity index (χ1n) is 4.66. The summed E-state index contributed by atoms with van der Waals surface area (Å²) in [5, 5.41) is 18.4. The highest BCUT2D eigenvalue weighted by Gasteiger charge is 2.15. The van der Waals surface area contributed by atoms with Crippen molar-refractivity contribution in [2.24, 2.45) is 0 Å². The highest BCUT2D eigenvalue weighted by atomic mass is 16.6. The summed E-state index contributed by atoms with van der Waals surface area (Å²) in [5.74, 6) is 0.664. The third kappa shape index (κ3) is 2.07. The summed E-state index contributed by atoms with van der Waals surface area (Å²) in [6, 6.07) is 6.94. The summed E-state index contributed by atoms with van der Waals surface area (Å²) >= 11 is 0. The first-order chi connectivity index (χ1) is 7.70. The molecule has 0 aliphatic rings. The first kappa shape index (κ1) is 10.7. The maximum Gasteiger partial charge on any atom is 0.707 e. The molecule has 0 saturated carbocycles. The van der Waals surface area contributed by atoms with Crippen LogP contribution in [0.4, 0.5) is 0 Å². The first-order valence-corrected chi connectivity index (χ1v) is 4.66. The largest absolute Gasteiger partial charge is 0.707 e. The van der Waals surface area contributed by atoms with E-state index in [1.165, 1.54) is 7.11 Å². The molecule has 5 nitrogen and oxygen atoms in total. The molecule has 0 atom stereocenters. The van der Waals surface area contributed by atoms with Crippen molar-refractivity contribution < 1.29 is 19.4 Å². The van der Waals surface area contributed by atoms with Gasteiger partial charge in [0.25, 0.3) is 0 Å². The fourth-order valence-corrected chi connectivity index (χ4v) is 1.45. The van der Waals surface area contributed by atoms with E-state index >= 15 is 0 Å². The third-order valence-corrected chi connectivity index (χ3v) is 2.12. The molecular weight excluding hydrogens is 209 g/mol. The van der Waals surface area contributed by atoms with E-state index in [1.807, 2.05) is 6.07 Å². The number of hydrogen-bond donors (Lipinski definition) is 2. The number of fused-ring (bicyclic) bond motifs is 1. The average molecular weight is 219 g/mol. The molecule has 0 spiro atoms. The van der Waals surface area contributed by atoms with Crippen LogP contribution in [0.1, 0.15) is 0 Å². The van der Waals surface area contributed by atoms with Gasteiger partial charge in [-0.15, -0.1) is 0 Å². The number of pyridine rings is 1. The van der Waals surface area contributed by atoms with E-state index in [0.29, 0.717) is 5.75 Å². The minimum atomic E-state index is -1.87. The molecule has 2 aromatic rings. The zero-order valence-corrected chi connectivity index (χ0v) is 8.62. The molecule has 1 aromatic heterocycles. The summed E-state index contributed by atoms with van der Waals surface area (Å²) < 4.78 is 9.87. The lowest BCUT2D eigenvalue weighted by atomic mass is 10.1. The molecule has 0 bridgehead atoms. The molecule has 82 valence electrons. The molecule has 16 heavy (non-hydrogen) atoms. The van der Waals surface area contributed by atoms with E-state index < -0.39 is 7.32 Å². The van der Waals surface area contributed by atoms with Crippen LogP contribution in [-0.4, -0.2) is 29.5 Å². The SMILES string of the molecule is COc1cc2ncccc2cc1OB(O)O. The van der Waals surface area contributed by atoms with E-state index in [4.69, 9.17) is 19.4 Å². The Hall–Kier alpha value is -1.79. The monoisotopic (exact) mass is 219 g/mol. The molecule has 0 radical (unpaired) electrons. The van der Waals surface area contributed by atoms with Crippen molar-refractivity contribution in [1.29, 1.82) is 0 Å². The number of methoxy groups -OCH3 is 1. The molecule has 2 rings (SSSR count). The number of nitrogens with zero attached hydrogens (tertiary/aromatic N) is 1. The van der Waals surface area contributed by atoms with Gasteiger partial charge in [-0.3, -0.25) is 4.98 Å². The average Bonchev–Trinajstić information content (AvgIpc) is 2.27. The van der Waals surface area contributed by atoms with Crippen LogP contribution in [0.5, 0.6) is 11.5 Å². The van der Waals surface area contributed by atoms with Crippen molar-refractivity contribution in [2.45, 2.75) is 0 Å². The number of benzene rings is 1. The van der Waals surface area contributed by atoms with Gasteiger partial charge in [-0.05, 0) is 12.1 Å². The molecule has 0 unspecified atom stereocenters.